The Morgan fingerprint density at radius 1 is 1.05 bits per heavy atom. The summed E-state index contributed by atoms with van der Waals surface area (Å²) in [6.07, 6.45) is 0.0444. The van der Waals surface area contributed by atoms with Gasteiger partial charge in [0.05, 0.1) is 17.5 Å². The highest BCUT2D eigenvalue weighted by Crippen LogP contribution is 2.51. The van der Waals surface area contributed by atoms with Crippen LogP contribution < -0.4 is 11.1 Å². The third kappa shape index (κ3) is 4.77. The Bertz CT molecular complexity index is 1630. The van der Waals surface area contributed by atoms with Gasteiger partial charge in [0.1, 0.15) is 5.75 Å². The maximum atomic E-state index is 13.9. The number of aromatic hydroxyl groups is 1. The maximum Gasteiger partial charge on any atom is 0.303 e. The number of hydrogen-bond acceptors (Lipinski definition) is 11. The van der Waals surface area contributed by atoms with Gasteiger partial charge in [0.15, 0.2) is 41.3 Å². The number of hydrogen-bond donors (Lipinski definition) is 4. The predicted molar refractivity (Wildman–Crippen MR) is 152 cm³/mol. The minimum Gasteiger partial charge on any atom is -0.507 e. The summed E-state index contributed by atoms with van der Waals surface area (Å²) in [6.45, 7) is 0.738. The molecular weight excluding hydrogens is 574 g/mol. The van der Waals surface area contributed by atoms with Gasteiger partial charge >= 0.3 is 5.97 Å². The molecule has 3 aliphatic carbocycles. The molecule has 0 radical (unpaired) electrons. The molecule has 230 valence electrons. The first-order valence-electron chi connectivity index (χ1n) is 13.9. The van der Waals surface area contributed by atoms with Crippen molar-refractivity contribution in [1.29, 1.82) is 0 Å². The summed E-state index contributed by atoms with van der Waals surface area (Å²) in [5.74, 6) is -12.3. The van der Waals surface area contributed by atoms with E-state index >= 15 is 0 Å². The standard InChI is InChI=1S/C31H31N3O10/c1-13(35)44-12-21(37)33-16-6-4-14(5-7-16)17-8-9-20(36)23-18(17)10-15-11-19-25(34(2)3)27(39)24(30(32)42)29(41)31(19,43)28(40)22(15)26(23)38/h4-9,15,19,22,24-25,36,43H,10-12H2,1-3H3,(H2,32,42)(H,33,37). The average Bonchev–Trinajstić information content (AvgIpc) is 2.94. The van der Waals surface area contributed by atoms with Gasteiger partial charge in [-0.3, -0.25) is 38.5 Å². The number of benzene rings is 2. The first kappa shape index (κ1) is 30.7. The van der Waals surface area contributed by atoms with Crippen molar-refractivity contribution in [3.63, 3.8) is 0 Å². The van der Waals surface area contributed by atoms with E-state index in [1.54, 1.807) is 30.3 Å². The molecular formula is C31H31N3O10. The molecule has 13 heteroatoms. The van der Waals surface area contributed by atoms with Crippen LogP contribution in [-0.2, 0) is 39.9 Å². The third-order valence-electron chi connectivity index (χ3n) is 8.83. The van der Waals surface area contributed by atoms with Gasteiger partial charge in [0.2, 0.25) is 5.91 Å². The second kappa shape index (κ2) is 11.1. The number of Topliss-reactive ketones (excluding diaryl/α,β-unsaturated/α-hetero) is 4. The number of carbonyl (C=O) groups excluding carboxylic acids is 7. The fourth-order valence-corrected chi connectivity index (χ4v) is 6.97. The molecule has 2 saturated carbocycles. The number of phenolic OH excluding ortho intramolecular Hbond substituents is 1. The van der Waals surface area contributed by atoms with Gasteiger partial charge in [-0.25, -0.2) is 0 Å². The van der Waals surface area contributed by atoms with Crippen molar-refractivity contribution in [2.24, 2.45) is 29.4 Å². The molecule has 13 nitrogen and oxygen atoms in total. The number of esters is 1. The van der Waals surface area contributed by atoms with Gasteiger partial charge in [-0.2, -0.15) is 0 Å². The summed E-state index contributed by atoms with van der Waals surface area (Å²) in [6, 6.07) is 8.30. The lowest BCUT2D eigenvalue weighted by atomic mass is 9.52. The van der Waals surface area contributed by atoms with Gasteiger partial charge in [-0.1, -0.05) is 18.2 Å². The lowest BCUT2D eigenvalue weighted by molar-refractivity contribution is -0.181. The van der Waals surface area contributed by atoms with Crippen molar-refractivity contribution >= 4 is 46.6 Å². The molecule has 2 aromatic carbocycles. The molecule has 0 saturated heterocycles. The molecule has 0 bridgehead atoms. The van der Waals surface area contributed by atoms with Crippen molar-refractivity contribution in [1.82, 2.24) is 4.90 Å². The van der Waals surface area contributed by atoms with Crippen molar-refractivity contribution in [2.45, 2.75) is 31.4 Å². The zero-order valence-electron chi connectivity index (χ0n) is 24.2. The molecule has 2 aromatic rings. The van der Waals surface area contributed by atoms with Crippen LogP contribution in [0, 0.1) is 23.7 Å². The van der Waals surface area contributed by atoms with E-state index in [4.69, 9.17) is 5.73 Å². The largest absolute Gasteiger partial charge is 0.507 e. The molecule has 5 N–H and O–H groups in total. The van der Waals surface area contributed by atoms with E-state index in [2.05, 4.69) is 10.1 Å². The van der Waals surface area contributed by atoms with Crippen molar-refractivity contribution in [3.05, 3.63) is 47.5 Å². The van der Waals surface area contributed by atoms with Crippen LogP contribution in [0.2, 0.25) is 0 Å². The number of ketones is 4. The molecule has 0 aromatic heterocycles. The number of fused-ring (bicyclic) bond motifs is 3. The number of primary amides is 1. The van der Waals surface area contributed by atoms with Gasteiger partial charge in [0, 0.05) is 18.5 Å². The van der Waals surface area contributed by atoms with Crippen LogP contribution in [0.3, 0.4) is 0 Å². The van der Waals surface area contributed by atoms with E-state index in [-0.39, 0.29) is 24.2 Å². The van der Waals surface area contributed by atoms with Crippen LogP contribution in [0.15, 0.2) is 36.4 Å². The molecule has 0 heterocycles. The van der Waals surface area contributed by atoms with Gasteiger partial charge in [0.25, 0.3) is 5.91 Å². The quantitative estimate of drug-likeness (QED) is 0.255. The van der Waals surface area contributed by atoms with Crippen molar-refractivity contribution < 1.29 is 48.5 Å². The van der Waals surface area contributed by atoms with Gasteiger partial charge in [-0.05, 0) is 67.7 Å². The average molecular weight is 606 g/mol. The van der Waals surface area contributed by atoms with Crippen LogP contribution in [0.1, 0.15) is 29.3 Å². The van der Waals surface area contributed by atoms with Crippen LogP contribution in [-0.4, -0.2) is 88.4 Å². The second-order valence-electron chi connectivity index (χ2n) is 11.7. The van der Waals surface area contributed by atoms with Gasteiger partial charge in [-0.15, -0.1) is 0 Å². The van der Waals surface area contributed by atoms with Crippen LogP contribution in [0.4, 0.5) is 5.69 Å². The summed E-state index contributed by atoms with van der Waals surface area (Å²) in [5, 5.41) is 25.0. The highest BCUT2D eigenvalue weighted by atomic mass is 16.5. The zero-order valence-corrected chi connectivity index (χ0v) is 24.2. The van der Waals surface area contributed by atoms with Crippen molar-refractivity contribution in [2.75, 3.05) is 26.0 Å². The number of aliphatic hydroxyl groups is 1. The molecule has 0 aliphatic heterocycles. The summed E-state index contributed by atoms with van der Waals surface area (Å²) >= 11 is 0. The summed E-state index contributed by atoms with van der Waals surface area (Å²) in [7, 11) is 3.04. The Kier molecular flexibility index (Phi) is 7.72. The smallest absolute Gasteiger partial charge is 0.303 e. The number of carbonyl (C=O) groups is 7. The maximum absolute atomic E-state index is 13.9. The van der Waals surface area contributed by atoms with Crippen LogP contribution in [0.25, 0.3) is 11.1 Å². The molecule has 44 heavy (non-hydrogen) atoms. The summed E-state index contributed by atoms with van der Waals surface area (Å²) in [4.78, 5) is 91.0. The predicted octanol–water partition coefficient (Wildman–Crippen LogP) is 0.0356. The lowest BCUT2D eigenvalue weighted by Gasteiger charge is -2.52. The molecule has 5 rings (SSSR count). The first-order chi connectivity index (χ1) is 20.7. The Balaban J connectivity index is 1.52. The molecule has 6 unspecified atom stereocenters. The highest BCUT2D eigenvalue weighted by molar-refractivity contribution is 6.32. The number of nitrogens with one attached hydrogen (secondary N) is 1. The molecule has 2 fully saturated rings. The Labute approximate surface area is 251 Å². The van der Waals surface area contributed by atoms with E-state index < -0.39 is 82.8 Å². The van der Waals surface area contributed by atoms with E-state index in [0.29, 0.717) is 22.4 Å². The van der Waals surface area contributed by atoms with E-state index in [1.165, 1.54) is 32.0 Å². The second-order valence-corrected chi connectivity index (χ2v) is 11.7. The van der Waals surface area contributed by atoms with E-state index in [1.807, 2.05) is 0 Å². The Morgan fingerprint density at radius 3 is 2.30 bits per heavy atom. The SMILES string of the molecule is CC(=O)OCC(=O)Nc1ccc(-c2ccc(O)c3c2CC2CC4C(N(C)C)C(=O)C(C(N)=O)C(=O)C4(O)C(=O)C2C3=O)cc1. The third-order valence-corrected chi connectivity index (χ3v) is 8.83. The zero-order chi connectivity index (χ0) is 32.2. The van der Waals surface area contributed by atoms with E-state index in [0.717, 1.165) is 0 Å². The number of amides is 2. The molecule has 0 spiro atoms. The Hall–Kier alpha value is -4.75. The fourth-order valence-electron chi connectivity index (χ4n) is 6.97. The number of anilines is 1. The molecule has 6 atom stereocenters. The summed E-state index contributed by atoms with van der Waals surface area (Å²) in [5.41, 5.74) is 4.51. The Morgan fingerprint density at radius 2 is 1.70 bits per heavy atom. The first-order valence-corrected chi connectivity index (χ1v) is 13.9. The van der Waals surface area contributed by atoms with Crippen LogP contribution in [0.5, 0.6) is 5.75 Å². The monoisotopic (exact) mass is 605 g/mol. The molecule has 2 amide bonds. The van der Waals surface area contributed by atoms with Gasteiger partial charge < -0.3 is 26.0 Å². The number of nitrogens with zero attached hydrogens (tertiary/aromatic N) is 1. The number of phenols is 1. The van der Waals surface area contributed by atoms with Crippen molar-refractivity contribution in [3.8, 4) is 16.9 Å². The normalized spacial score (nSPS) is 27.7. The highest BCUT2D eigenvalue weighted by Gasteiger charge is 2.69. The molecule has 3 aliphatic rings. The number of nitrogens with two attached hydrogens (primary N) is 1. The van der Waals surface area contributed by atoms with Crippen LogP contribution >= 0.6 is 0 Å². The number of ether oxygens (including phenoxy) is 1. The number of likely N-dealkylation sites (N-methyl/N-ethyl adjacent to an activating group) is 1. The topological polar surface area (TPSA) is 210 Å². The lowest BCUT2D eigenvalue weighted by Crippen LogP contribution is -2.74. The fraction of sp³-hybridized carbons (Fsp3) is 0.387. The minimum absolute atomic E-state index is 0.0632. The summed E-state index contributed by atoms with van der Waals surface area (Å²) < 4.78 is 4.68. The minimum atomic E-state index is -2.79. The number of rotatable bonds is 6. The van der Waals surface area contributed by atoms with E-state index in [9.17, 15) is 43.8 Å².